The molecule has 0 bridgehead atoms. The monoisotopic (exact) mass is 420 g/mol. The highest BCUT2D eigenvalue weighted by Gasteiger charge is 2.18. The maximum atomic E-state index is 14.4. The summed E-state index contributed by atoms with van der Waals surface area (Å²) < 4.78 is 20.1. The summed E-state index contributed by atoms with van der Waals surface area (Å²) in [5, 5.41) is 0.838. The number of pyridine rings is 2. The van der Waals surface area contributed by atoms with E-state index < -0.39 is 0 Å². The molecule has 0 atom stereocenters. The van der Waals surface area contributed by atoms with Gasteiger partial charge >= 0.3 is 0 Å². The lowest BCUT2D eigenvalue weighted by Crippen LogP contribution is -2.19. The van der Waals surface area contributed by atoms with Gasteiger partial charge in [-0.1, -0.05) is 12.1 Å². The number of halogens is 1. The summed E-state index contributed by atoms with van der Waals surface area (Å²) in [6.45, 7) is 2.28. The number of thiazole rings is 1. The van der Waals surface area contributed by atoms with E-state index in [1.54, 1.807) is 6.20 Å². The molecule has 3 aromatic heterocycles. The van der Waals surface area contributed by atoms with E-state index in [0.29, 0.717) is 35.1 Å². The number of hydrazine groups is 2. The summed E-state index contributed by atoms with van der Waals surface area (Å²) in [5.74, 6) is 0.207. The van der Waals surface area contributed by atoms with Crippen LogP contribution in [0.4, 0.5) is 15.8 Å². The molecule has 0 saturated heterocycles. The highest BCUT2D eigenvalue weighted by atomic mass is 32.1. The van der Waals surface area contributed by atoms with Crippen molar-refractivity contribution in [2.45, 2.75) is 13.5 Å². The van der Waals surface area contributed by atoms with Gasteiger partial charge in [-0.15, -0.1) is 16.9 Å². The molecule has 4 aromatic rings. The third-order valence-electron chi connectivity index (χ3n) is 4.57. The number of aromatic nitrogens is 3. The molecule has 0 radical (unpaired) electrons. The lowest BCUT2D eigenvalue weighted by molar-refractivity contribution is 0.293. The van der Waals surface area contributed by atoms with Crippen molar-refractivity contribution in [2.24, 2.45) is 0 Å². The number of aryl methyl sites for hydroxylation is 1. The van der Waals surface area contributed by atoms with E-state index in [2.05, 4.69) is 26.4 Å². The smallest absolute Gasteiger partial charge is 0.213 e. The SMILES string of the molecule is Cc1nc(COc2ccccn2)sc1-c1cccc(-c2cc(F)c3c(c2)NNN3)n1. The average Bonchev–Trinajstić information content (AvgIpc) is 3.40. The van der Waals surface area contributed by atoms with Gasteiger partial charge in [0.05, 0.1) is 27.6 Å². The number of hydrogen-bond donors (Lipinski definition) is 3. The van der Waals surface area contributed by atoms with Crippen molar-refractivity contribution in [3.8, 4) is 27.7 Å². The van der Waals surface area contributed by atoms with Crippen molar-refractivity contribution in [1.82, 2.24) is 20.5 Å². The summed E-state index contributed by atoms with van der Waals surface area (Å²) >= 11 is 1.53. The van der Waals surface area contributed by atoms with Gasteiger partial charge in [0, 0.05) is 17.8 Å². The molecule has 9 heteroatoms. The van der Waals surface area contributed by atoms with Crippen LogP contribution in [-0.4, -0.2) is 15.0 Å². The fraction of sp³-hybridized carbons (Fsp3) is 0.0952. The lowest BCUT2D eigenvalue weighted by Gasteiger charge is -2.07. The summed E-state index contributed by atoms with van der Waals surface area (Å²) in [6, 6.07) is 14.5. The Morgan fingerprint density at radius 3 is 2.80 bits per heavy atom. The number of anilines is 2. The predicted molar refractivity (Wildman–Crippen MR) is 114 cm³/mol. The molecule has 0 unspecified atom stereocenters. The molecule has 1 aromatic carbocycles. The largest absolute Gasteiger partial charge is 0.470 e. The molecule has 3 N–H and O–H groups in total. The van der Waals surface area contributed by atoms with Gasteiger partial charge in [0.15, 0.2) is 5.82 Å². The van der Waals surface area contributed by atoms with Crippen LogP contribution in [0.25, 0.3) is 21.8 Å². The Labute approximate surface area is 175 Å². The van der Waals surface area contributed by atoms with E-state index in [1.165, 1.54) is 17.4 Å². The van der Waals surface area contributed by atoms with E-state index in [0.717, 1.165) is 21.3 Å². The number of nitrogens with zero attached hydrogens (tertiary/aromatic N) is 3. The molecule has 0 saturated carbocycles. The van der Waals surface area contributed by atoms with Crippen LogP contribution in [0.3, 0.4) is 0 Å². The van der Waals surface area contributed by atoms with Crippen molar-refractivity contribution >= 4 is 22.7 Å². The quantitative estimate of drug-likeness (QED) is 0.437. The summed E-state index contributed by atoms with van der Waals surface area (Å²) in [4.78, 5) is 14.5. The zero-order valence-corrected chi connectivity index (χ0v) is 16.8. The topological polar surface area (TPSA) is 84.0 Å². The van der Waals surface area contributed by atoms with Crippen molar-refractivity contribution in [2.75, 3.05) is 10.9 Å². The third kappa shape index (κ3) is 3.56. The van der Waals surface area contributed by atoms with Crippen LogP contribution in [0.1, 0.15) is 10.7 Å². The van der Waals surface area contributed by atoms with Crippen LogP contribution in [0, 0.1) is 12.7 Å². The van der Waals surface area contributed by atoms with Crippen molar-refractivity contribution in [1.29, 1.82) is 0 Å². The zero-order chi connectivity index (χ0) is 20.5. The van der Waals surface area contributed by atoms with E-state index in [1.807, 2.05) is 49.4 Å². The molecule has 0 amide bonds. The van der Waals surface area contributed by atoms with E-state index in [9.17, 15) is 4.39 Å². The van der Waals surface area contributed by atoms with Gasteiger partial charge in [0.1, 0.15) is 17.3 Å². The summed E-state index contributed by atoms with van der Waals surface area (Å²) in [6.07, 6.45) is 1.69. The van der Waals surface area contributed by atoms with E-state index in [-0.39, 0.29) is 5.82 Å². The first kappa shape index (κ1) is 18.5. The van der Waals surface area contributed by atoms with Crippen LogP contribution in [-0.2, 0) is 6.61 Å². The maximum Gasteiger partial charge on any atom is 0.213 e. The fourth-order valence-corrected chi connectivity index (χ4v) is 4.13. The van der Waals surface area contributed by atoms with E-state index >= 15 is 0 Å². The summed E-state index contributed by atoms with van der Waals surface area (Å²) in [7, 11) is 0. The lowest BCUT2D eigenvalue weighted by atomic mass is 10.1. The number of nitrogens with one attached hydrogen (secondary N) is 3. The summed E-state index contributed by atoms with van der Waals surface area (Å²) in [5.41, 5.74) is 12.4. The molecule has 4 heterocycles. The van der Waals surface area contributed by atoms with Gasteiger partial charge in [-0.3, -0.25) is 5.43 Å². The van der Waals surface area contributed by atoms with Gasteiger partial charge in [0.2, 0.25) is 5.88 Å². The minimum atomic E-state index is -0.352. The zero-order valence-electron chi connectivity index (χ0n) is 15.9. The first-order valence-corrected chi connectivity index (χ1v) is 10.1. The Kier molecular flexibility index (Phi) is 4.74. The van der Waals surface area contributed by atoms with Gasteiger partial charge < -0.3 is 10.2 Å². The second-order valence-electron chi connectivity index (χ2n) is 6.64. The number of benzene rings is 1. The normalized spacial score (nSPS) is 12.2. The molecule has 0 fully saturated rings. The van der Waals surface area contributed by atoms with Gasteiger partial charge in [0.25, 0.3) is 0 Å². The van der Waals surface area contributed by atoms with Crippen LogP contribution in [0.2, 0.25) is 0 Å². The first-order chi connectivity index (χ1) is 14.7. The van der Waals surface area contributed by atoms with Crippen LogP contribution < -0.4 is 21.1 Å². The third-order valence-corrected chi connectivity index (χ3v) is 5.73. The van der Waals surface area contributed by atoms with Gasteiger partial charge in [-0.25, -0.2) is 19.3 Å². The number of ether oxygens (including phenoxy) is 1. The van der Waals surface area contributed by atoms with Crippen molar-refractivity contribution in [3.63, 3.8) is 0 Å². The Morgan fingerprint density at radius 1 is 1.03 bits per heavy atom. The molecule has 0 spiro atoms. The molecule has 0 aliphatic carbocycles. The van der Waals surface area contributed by atoms with Crippen molar-refractivity contribution < 1.29 is 9.13 Å². The number of hydrogen-bond acceptors (Lipinski definition) is 8. The molecular weight excluding hydrogens is 403 g/mol. The molecule has 1 aliphatic heterocycles. The molecule has 150 valence electrons. The Hall–Kier alpha value is -3.56. The highest BCUT2D eigenvalue weighted by molar-refractivity contribution is 7.15. The standard InChI is InChI=1S/C21H17FN6OS/c1-12-21(30-19(24-12)11-29-18-7-2-3-8-23-18)16-6-4-5-15(25-16)13-9-14(22)20-17(10-13)26-28-27-20/h2-10,26-28H,11H2,1H3. The molecular formula is C21H17FN6OS. The maximum absolute atomic E-state index is 14.4. The molecule has 30 heavy (non-hydrogen) atoms. The Bertz CT molecular complexity index is 1210. The van der Waals surface area contributed by atoms with Crippen LogP contribution in [0.5, 0.6) is 5.88 Å². The van der Waals surface area contributed by atoms with Gasteiger partial charge in [-0.2, -0.15) is 0 Å². The van der Waals surface area contributed by atoms with Crippen molar-refractivity contribution in [3.05, 3.63) is 71.2 Å². The molecule has 7 nitrogen and oxygen atoms in total. The fourth-order valence-electron chi connectivity index (χ4n) is 3.18. The van der Waals surface area contributed by atoms with Crippen LogP contribution >= 0.6 is 11.3 Å². The number of fused-ring (bicyclic) bond motifs is 1. The predicted octanol–water partition coefficient (Wildman–Crippen LogP) is 4.55. The average molecular weight is 420 g/mol. The second-order valence-corrected chi connectivity index (χ2v) is 7.73. The minimum Gasteiger partial charge on any atom is -0.470 e. The van der Waals surface area contributed by atoms with E-state index in [4.69, 9.17) is 9.72 Å². The van der Waals surface area contributed by atoms with Crippen LogP contribution in [0.15, 0.2) is 54.7 Å². The minimum absolute atomic E-state index is 0.337. The molecule has 1 aliphatic rings. The highest BCUT2D eigenvalue weighted by Crippen LogP contribution is 2.35. The Morgan fingerprint density at radius 2 is 1.93 bits per heavy atom. The number of rotatable bonds is 5. The van der Waals surface area contributed by atoms with Gasteiger partial charge in [-0.05, 0) is 37.3 Å². The Balaban J connectivity index is 1.42. The second kappa shape index (κ2) is 7.69. The first-order valence-electron chi connectivity index (χ1n) is 9.26. The molecule has 5 rings (SSSR count).